The van der Waals surface area contributed by atoms with Crippen molar-refractivity contribution in [2.24, 2.45) is 5.41 Å². The first-order chi connectivity index (χ1) is 7.47. The largest absolute Gasteiger partial charge is 0.481 e. The molecular weight excluding hydrogens is 222 g/mol. The molecule has 0 amide bonds. The number of hydrogen-bond donors (Lipinski definition) is 2. The zero-order valence-electron chi connectivity index (χ0n) is 10.5. The van der Waals surface area contributed by atoms with Gasteiger partial charge in [-0.05, 0) is 32.4 Å². The SMILES string of the molecule is CCSC1CCCC1NCC(C)(C)C(=O)O. The van der Waals surface area contributed by atoms with E-state index in [0.717, 1.165) is 5.75 Å². The second kappa shape index (κ2) is 5.92. The Bertz CT molecular complexity index is 243. The van der Waals surface area contributed by atoms with Crippen LogP contribution in [-0.4, -0.2) is 34.7 Å². The van der Waals surface area contributed by atoms with Gasteiger partial charge in [0, 0.05) is 17.8 Å². The van der Waals surface area contributed by atoms with Gasteiger partial charge in [0.2, 0.25) is 0 Å². The molecule has 1 aliphatic rings. The van der Waals surface area contributed by atoms with Crippen molar-refractivity contribution in [3.63, 3.8) is 0 Å². The van der Waals surface area contributed by atoms with E-state index in [9.17, 15) is 4.79 Å². The average Bonchev–Trinajstić information content (AvgIpc) is 2.63. The maximum absolute atomic E-state index is 11.0. The molecule has 0 bridgehead atoms. The fourth-order valence-corrected chi connectivity index (χ4v) is 3.26. The molecule has 2 unspecified atom stereocenters. The second-order valence-corrected chi connectivity index (χ2v) is 6.62. The van der Waals surface area contributed by atoms with E-state index in [1.807, 2.05) is 11.8 Å². The normalized spacial score (nSPS) is 25.9. The van der Waals surface area contributed by atoms with Gasteiger partial charge in [-0.15, -0.1) is 0 Å². The minimum absolute atomic E-state index is 0.503. The molecule has 0 heterocycles. The number of rotatable bonds is 6. The van der Waals surface area contributed by atoms with Crippen molar-refractivity contribution in [1.82, 2.24) is 5.32 Å². The summed E-state index contributed by atoms with van der Waals surface area (Å²) in [5.41, 5.74) is -0.663. The number of nitrogens with one attached hydrogen (secondary N) is 1. The Morgan fingerprint density at radius 2 is 2.19 bits per heavy atom. The Morgan fingerprint density at radius 3 is 2.75 bits per heavy atom. The van der Waals surface area contributed by atoms with Crippen LogP contribution in [0, 0.1) is 5.41 Å². The maximum Gasteiger partial charge on any atom is 0.310 e. The highest BCUT2D eigenvalue weighted by Gasteiger charge is 2.31. The highest BCUT2D eigenvalue weighted by Crippen LogP contribution is 2.30. The van der Waals surface area contributed by atoms with E-state index in [1.165, 1.54) is 19.3 Å². The van der Waals surface area contributed by atoms with Crippen LogP contribution < -0.4 is 5.32 Å². The maximum atomic E-state index is 11.0. The van der Waals surface area contributed by atoms with Gasteiger partial charge < -0.3 is 10.4 Å². The van der Waals surface area contributed by atoms with E-state index >= 15 is 0 Å². The van der Waals surface area contributed by atoms with Gasteiger partial charge in [-0.25, -0.2) is 0 Å². The summed E-state index contributed by atoms with van der Waals surface area (Å²) in [5.74, 6) is 0.420. The molecule has 1 aliphatic carbocycles. The van der Waals surface area contributed by atoms with E-state index in [1.54, 1.807) is 13.8 Å². The summed E-state index contributed by atoms with van der Waals surface area (Å²) < 4.78 is 0. The molecule has 0 aromatic carbocycles. The number of carbonyl (C=O) groups is 1. The molecule has 4 heteroatoms. The number of hydrogen-bond acceptors (Lipinski definition) is 3. The van der Waals surface area contributed by atoms with Crippen LogP contribution in [0.25, 0.3) is 0 Å². The number of aliphatic carboxylic acids is 1. The van der Waals surface area contributed by atoms with Gasteiger partial charge >= 0.3 is 5.97 Å². The van der Waals surface area contributed by atoms with Crippen LogP contribution in [0.3, 0.4) is 0 Å². The molecule has 0 saturated heterocycles. The van der Waals surface area contributed by atoms with E-state index in [4.69, 9.17) is 5.11 Å². The van der Waals surface area contributed by atoms with E-state index in [0.29, 0.717) is 17.8 Å². The lowest BCUT2D eigenvalue weighted by Crippen LogP contribution is -2.43. The molecule has 1 rings (SSSR count). The van der Waals surface area contributed by atoms with Gasteiger partial charge in [0.15, 0.2) is 0 Å². The minimum atomic E-state index is -0.724. The lowest BCUT2D eigenvalue weighted by atomic mass is 9.93. The van der Waals surface area contributed by atoms with Crippen LogP contribution in [0.1, 0.15) is 40.0 Å². The third-order valence-corrected chi connectivity index (χ3v) is 4.54. The monoisotopic (exact) mass is 245 g/mol. The van der Waals surface area contributed by atoms with Crippen LogP contribution in [-0.2, 0) is 4.79 Å². The number of thioether (sulfide) groups is 1. The third kappa shape index (κ3) is 3.67. The Labute approximate surface area is 102 Å². The molecule has 16 heavy (non-hydrogen) atoms. The summed E-state index contributed by atoms with van der Waals surface area (Å²) in [6.45, 7) is 6.30. The fourth-order valence-electron chi connectivity index (χ4n) is 2.03. The van der Waals surface area contributed by atoms with Crippen LogP contribution in [0.5, 0.6) is 0 Å². The molecule has 0 aromatic heterocycles. The molecule has 3 nitrogen and oxygen atoms in total. The fraction of sp³-hybridized carbons (Fsp3) is 0.917. The number of carboxylic acid groups (broad SMARTS) is 1. The van der Waals surface area contributed by atoms with Crippen LogP contribution in [0.2, 0.25) is 0 Å². The summed E-state index contributed by atoms with van der Waals surface area (Å²) in [6, 6.07) is 0.503. The zero-order valence-corrected chi connectivity index (χ0v) is 11.3. The molecule has 0 aromatic rings. The van der Waals surface area contributed by atoms with Gasteiger partial charge in [-0.3, -0.25) is 4.79 Å². The van der Waals surface area contributed by atoms with Gasteiger partial charge in [-0.2, -0.15) is 11.8 Å². The Hall–Kier alpha value is -0.220. The van der Waals surface area contributed by atoms with Crippen molar-refractivity contribution < 1.29 is 9.90 Å². The first kappa shape index (κ1) is 13.8. The molecule has 0 aliphatic heterocycles. The van der Waals surface area contributed by atoms with E-state index < -0.39 is 11.4 Å². The summed E-state index contributed by atoms with van der Waals surface area (Å²) >= 11 is 2.00. The molecule has 0 spiro atoms. The molecule has 94 valence electrons. The molecule has 1 fully saturated rings. The smallest absolute Gasteiger partial charge is 0.310 e. The van der Waals surface area contributed by atoms with Crippen molar-refractivity contribution in [2.45, 2.75) is 51.3 Å². The Kier molecular flexibility index (Phi) is 5.12. The second-order valence-electron chi connectivity index (χ2n) is 5.10. The lowest BCUT2D eigenvalue weighted by molar-refractivity contribution is -0.146. The highest BCUT2D eigenvalue weighted by atomic mass is 32.2. The summed E-state index contributed by atoms with van der Waals surface area (Å²) in [7, 11) is 0. The predicted octanol–water partition coefficient (Wildman–Crippen LogP) is 2.36. The standard InChI is InChI=1S/C12H23NO2S/c1-4-16-10-7-5-6-9(10)13-8-12(2,3)11(14)15/h9-10,13H,4-8H2,1-3H3,(H,14,15). The summed E-state index contributed by atoms with van der Waals surface area (Å²) in [5, 5.41) is 13.2. The average molecular weight is 245 g/mol. The molecular formula is C12H23NO2S. The Balaban J connectivity index is 2.39. The summed E-state index contributed by atoms with van der Waals surface area (Å²) in [4.78, 5) is 11.0. The van der Waals surface area contributed by atoms with Crippen molar-refractivity contribution in [1.29, 1.82) is 0 Å². The van der Waals surface area contributed by atoms with E-state index in [2.05, 4.69) is 12.2 Å². The Morgan fingerprint density at radius 1 is 1.50 bits per heavy atom. The third-order valence-electron chi connectivity index (χ3n) is 3.22. The first-order valence-electron chi connectivity index (χ1n) is 6.05. The molecule has 2 atom stereocenters. The first-order valence-corrected chi connectivity index (χ1v) is 7.10. The van der Waals surface area contributed by atoms with Crippen molar-refractivity contribution in [3.8, 4) is 0 Å². The predicted molar refractivity (Wildman–Crippen MR) is 69.0 cm³/mol. The quantitative estimate of drug-likeness (QED) is 0.754. The van der Waals surface area contributed by atoms with Crippen molar-refractivity contribution in [3.05, 3.63) is 0 Å². The van der Waals surface area contributed by atoms with Crippen LogP contribution in [0.4, 0.5) is 0 Å². The zero-order chi connectivity index (χ0) is 12.2. The van der Waals surface area contributed by atoms with Gasteiger partial charge in [-0.1, -0.05) is 13.3 Å². The highest BCUT2D eigenvalue weighted by molar-refractivity contribution is 7.99. The van der Waals surface area contributed by atoms with Gasteiger partial charge in [0.05, 0.1) is 5.41 Å². The summed E-state index contributed by atoms with van der Waals surface area (Å²) in [6.07, 6.45) is 3.72. The van der Waals surface area contributed by atoms with Gasteiger partial charge in [0.25, 0.3) is 0 Å². The van der Waals surface area contributed by atoms with Gasteiger partial charge in [0.1, 0.15) is 0 Å². The van der Waals surface area contributed by atoms with Crippen LogP contribution >= 0.6 is 11.8 Å². The lowest BCUT2D eigenvalue weighted by Gasteiger charge is -2.25. The van der Waals surface area contributed by atoms with Crippen LogP contribution in [0.15, 0.2) is 0 Å². The number of carboxylic acids is 1. The molecule has 2 N–H and O–H groups in total. The van der Waals surface area contributed by atoms with Crippen molar-refractivity contribution >= 4 is 17.7 Å². The topological polar surface area (TPSA) is 49.3 Å². The molecule has 0 radical (unpaired) electrons. The minimum Gasteiger partial charge on any atom is -0.481 e. The van der Waals surface area contributed by atoms with E-state index in [-0.39, 0.29) is 0 Å². The molecule has 1 saturated carbocycles. The van der Waals surface area contributed by atoms with Crippen molar-refractivity contribution in [2.75, 3.05) is 12.3 Å².